The number of aryl methyl sites for hydroxylation is 4. The standard InChI is InChI=1S/C43H40N3P2.C5H5.Fe/c1-30-24-31(2)27-38(26-30)48(39-28-32(3)25-33(4)29-39)43-42(35-16-9-6-10-17-35)44-45-46(43)34(5)40-22-15-23-41(40)47(36-18-11-7-12-19-36)37-20-13-8-14-21-37;1-2-4-5-3-1;/h6-29,34H,1-5H3;1-5H;/q2*-1;+2/t34-;;/m0../s1. The Bertz CT molecular complexity index is 2220. The van der Waals surface area contributed by atoms with Crippen molar-refractivity contribution in [2.75, 3.05) is 0 Å². The Balaban J connectivity index is 0.000000767. The second-order valence-corrected chi connectivity index (χ2v) is 17.9. The van der Waals surface area contributed by atoms with E-state index in [4.69, 9.17) is 10.3 Å². The minimum atomic E-state index is -1.02. The van der Waals surface area contributed by atoms with Crippen molar-refractivity contribution in [3.05, 3.63) is 204 Å². The summed E-state index contributed by atoms with van der Waals surface area (Å²) in [4.78, 5) is 0. The molecule has 0 amide bonds. The van der Waals surface area contributed by atoms with E-state index in [9.17, 15) is 0 Å². The van der Waals surface area contributed by atoms with Crippen LogP contribution in [0.2, 0.25) is 0 Å². The third-order valence-corrected chi connectivity index (χ3v) is 14.2. The summed E-state index contributed by atoms with van der Waals surface area (Å²) in [6, 6.07) is 63.3. The molecule has 7 aromatic carbocycles. The largest absolute Gasteiger partial charge is 2.00 e. The molecule has 0 N–H and O–H groups in total. The average Bonchev–Trinajstić information content (AvgIpc) is 3.97. The second kappa shape index (κ2) is 18.1. The Morgan fingerprint density at radius 1 is 0.537 bits per heavy atom. The van der Waals surface area contributed by atoms with Crippen molar-refractivity contribution in [3.8, 4) is 11.3 Å². The molecular weight excluding hydrogens is 736 g/mol. The molecule has 1 atom stereocenters. The quantitative estimate of drug-likeness (QED) is 0.0831. The van der Waals surface area contributed by atoms with Gasteiger partial charge >= 0.3 is 17.1 Å². The predicted octanol–water partition coefficient (Wildman–Crippen LogP) is 9.43. The van der Waals surface area contributed by atoms with Crippen LogP contribution in [0.3, 0.4) is 0 Å². The van der Waals surface area contributed by atoms with E-state index in [1.165, 1.54) is 59.8 Å². The van der Waals surface area contributed by atoms with Crippen LogP contribution in [0.25, 0.3) is 11.3 Å². The zero-order chi connectivity index (χ0) is 36.7. The first-order chi connectivity index (χ1) is 25.9. The zero-order valence-electron chi connectivity index (χ0n) is 31.4. The Labute approximate surface area is 333 Å². The number of nitrogens with zero attached hydrogens (tertiary/aromatic N) is 3. The first kappa shape index (κ1) is 39.0. The molecule has 3 nitrogen and oxygen atoms in total. The SMILES string of the molecule is Cc1cc(C)cc(P(c2cc(C)cc(C)c2)c2c(-c3ccccc3)nnn2[C@@H](C)c2cc[cH-]c2P(c2ccccc2)c2ccccc2)c1.[Fe+2].c1cc[cH-]c1. The van der Waals surface area contributed by atoms with Crippen LogP contribution in [0.5, 0.6) is 0 Å². The van der Waals surface area contributed by atoms with Gasteiger partial charge in [0.05, 0.1) is 5.44 Å². The molecular formula is C48H45FeN3P2. The molecule has 0 aliphatic carbocycles. The van der Waals surface area contributed by atoms with Gasteiger partial charge in [-0.05, 0) is 56.8 Å². The minimum absolute atomic E-state index is 0. The molecule has 8 rings (SSSR count). The third kappa shape index (κ3) is 8.81. The number of hydrogen-bond acceptors (Lipinski definition) is 2. The summed E-state index contributed by atoms with van der Waals surface area (Å²) in [6.07, 6.45) is 0. The van der Waals surface area contributed by atoms with Crippen LogP contribution in [0, 0.1) is 27.7 Å². The van der Waals surface area contributed by atoms with Crippen LogP contribution in [0.15, 0.2) is 176 Å². The maximum Gasteiger partial charge on any atom is 2.00 e. The molecule has 54 heavy (non-hydrogen) atoms. The number of benzene rings is 5. The van der Waals surface area contributed by atoms with E-state index in [0.29, 0.717) is 0 Å². The average molecular weight is 782 g/mol. The van der Waals surface area contributed by atoms with Gasteiger partial charge in [0.25, 0.3) is 0 Å². The molecule has 0 aliphatic heterocycles. The van der Waals surface area contributed by atoms with Gasteiger partial charge < -0.3 is 0 Å². The van der Waals surface area contributed by atoms with Crippen molar-refractivity contribution >= 4 is 47.8 Å². The van der Waals surface area contributed by atoms with E-state index in [1.807, 2.05) is 30.3 Å². The van der Waals surface area contributed by atoms with Gasteiger partial charge in [0.1, 0.15) is 5.69 Å². The van der Waals surface area contributed by atoms with Crippen LogP contribution in [0.1, 0.15) is 40.8 Å². The van der Waals surface area contributed by atoms with Crippen LogP contribution in [-0.4, -0.2) is 15.0 Å². The van der Waals surface area contributed by atoms with Crippen molar-refractivity contribution in [2.45, 2.75) is 40.7 Å². The van der Waals surface area contributed by atoms with Crippen LogP contribution < -0.4 is 32.0 Å². The molecule has 0 bridgehead atoms. The fourth-order valence-corrected chi connectivity index (χ4v) is 12.6. The van der Waals surface area contributed by atoms with Gasteiger partial charge in [-0.3, -0.25) is 0 Å². The molecule has 0 aliphatic rings. The molecule has 0 spiro atoms. The molecule has 0 saturated carbocycles. The van der Waals surface area contributed by atoms with Gasteiger partial charge in [0.2, 0.25) is 0 Å². The predicted molar refractivity (Wildman–Crippen MR) is 230 cm³/mol. The molecule has 1 aromatic heterocycles. The second-order valence-electron chi connectivity index (χ2n) is 13.6. The Kier molecular flexibility index (Phi) is 13.1. The van der Waals surface area contributed by atoms with Crippen molar-refractivity contribution in [1.82, 2.24) is 15.0 Å². The van der Waals surface area contributed by atoms with E-state index in [1.54, 1.807) is 0 Å². The summed E-state index contributed by atoms with van der Waals surface area (Å²) in [6.45, 7) is 11.1. The summed E-state index contributed by atoms with van der Waals surface area (Å²) >= 11 is 0. The summed E-state index contributed by atoms with van der Waals surface area (Å²) < 4.78 is 2.24. The van der Waals surface area contributed by atoms with E-state index < -0.39 is 15.8 Å². The Morgan fingerprint density at radius 3 is 1.48 bits per heavy atom. The van der Waals surface area contributed by atoms with E-state index in [2.05, 4.69) is 185 Å². The van der Waals surface area contributed by atoms with Crippen LogP contribution in [0.4, 0.5) is 0 Å². The molecule has 0 fully saturated rings. The van der Waals surface area contributed by atoms with Crippen molar-refractivity contribution in [2.24, 2.45) is 0 Å². The van der Waals surface area contributed by atoms with Gasteiger partial charge in [-0.15, -0.1) is 10.4 Å². The molecule has 1 heterocycles. The first-order valence-electron chi connectivity index (χ1n) is 18.2. The third-order valence-electron chi connectivity index (χ3n) is 9.33. The Hall–Kier alpha value is -4.68. The Morgan fingerprint density at radius 2 is 1.02 bits per heavy atom. The summed E-state index contributed by atoms with van der Waals surface area (Å²) in [7, 11) is -1.79. The summed E-state index contributed by atoms with van der Waals surface area (Å²) in [5.74, 6) is 0. The first-order valence-corrected chi connectivity index (χ1v) is 20.9. The van der Waals surface area contributed by atoms with Gasteiger partial charge in [0.15, 0.2) is 0 Å². The van der Waals surface area contributed by atoms with Gasteiger partial charge in [-0.25, -0.2) is 22.9 Å². The normalized spacial score (nSPS) is 11.5. The van der Waals surface area contributed by atoms with Crippen LogP contribution in [-0.2, 0) is 17.1 Å². The summed E-state index contributed by atoms with van der Waals surface area (Å²) in [5, 5.41) is 16.7. The monoisotopic (exact) mass is 781 g/mol. The van der Waals surface area contributed by atoms with Crippen LogP contribution >= 0.6 is 15.8 Å². The molecule has 270 valence electrons. The maximum absolute atomic E-state index is 5.05. The molecule has 0 saturated heterocycles. The van der Waals surface area contributed by atoms with Crippen molar-refractivity contribution in [1.29, 1.82) is 0 Å². The topological polar surface area (TPSA) is 30.7 Å². The van der Waals surface area contributed by atoms with Gasteiger partial charge in [-0.2, -0.15) is 35.9 Å². The fourth-order valence-electron chi connectivity index (χ4n) is 7.11. The number of rotatable bonds is 9. The molecule has 0 unspecified atom stereocenters. The molecule has 8 aromatic rings. The van der Waals surface area contributed by atoms with E-state index in [0.717, 1.165) is 11.3 Å². The molecule has 0 radical (unpaired) electrons. The van der Waals surface area contributed by atoms with E-state index >= 15 is 0 Å². The summed E-state index contributed by atoms with van der Waals surface area (Å²) in [5.41, 5.74) is 9.58. The van der Waals surface area contributed by atoms with E-state index in [-0.39, 0.29) is 23.1 Å². The van der Waals surface area contributed by atoms with Gasteiger partial charge in [-0.1, -0.05) is 162 Å². The molecule has 6 heteroatoms. The van der Waals surface area contributed by atoms with Gasteiger partial charge in [0, 0.05) is 19.5 Å². The minimum Gasteiger partial charge on any atom is -0.249 e. The maximum atomic E-state index is 5.05. The van der Waals surface area contributed by atoms with Crippen molar-refractivity contribution in [3.63, 3.8) is 0 Å². The number of hydrogen-bond donors (Lipinski definition) is 0. The van der Waals surface area contributed by atoms with Crippen molar-refractivity contribution < 1.29 is 17.1 Å². The zero-order valence-corrected chi connectivity index (χ0v) is 34.3. The smallest absolute Gasteiger partial charge is 0.249 e. The fraction of sp³-hybridized carbons (Fsp3) is 0.125. The number of aromatic nitrogens is 3.